The Morgan fingerprint density at radius 1 is 1.25 bits per heavy atom. The number of phenolic OH excluding ortho intramolecular Hbond substituents is 1. The SMILES string of the molecule is Cc1cc(NC(=O)C2(CN)CCCCC2)c(C)cc1O. The molecule has 4 N–H and O–H groups in total. The van der Waals surface area contributed by atoms with E-state index in [-0.39, 0.29) is 11.7 Å². The van der Waals surface area contributed by atoms with E-state index in [1.807, 2.05) is 19.9 Å². The molecule has 0 saturated heterocycles. The average molecular weight is 276 g/mol. The monoisotopic (exact) mass is 276 g/mol. The summed E-state index contributed by atoms with van der Waals surface area (Å²) in [6.45, 7) is 4.10. The first-order valence-electron chi connectivity index (χ1n) is 7.30. The minimum absolute atomic E-state index is 0.0212. The van der Waals surface area contributed by atoms with Crippen LogP contribution in [-0.4, -0.2) is 17.6 Å². The number of hydrogen-bond acceptors (Lipinski definition) is 3. The van der Waals surface area contributed by atoms with Crippen LogP contribution in [0.1, 0.15) is 43.2 Å². The molecule has 0 unspecified atom stereocenters. The van der Waals surface area contributed by atoms with Crippen molar-refractivity contribution in [1.29, 1.82) is 0 Å². The first-order valence-corrected chi connectivity index (χ1v) is 7.30. The van der Waals surface area contributed by atoms with Crippen molar-refractivity contribution in [3.63, 3.8) is 0 Å². The molecule has 20 heavy (non-hydrogen) atoms. The van der Waals surface area contributed by atoms with Crippen LogP contribution in [0.25, 0.3) is 0 Å². The second-order valence-electron chi connectivity index (χ2n) is 5.95. The van der Waals surface area contributed by atoms with E-state index in [9.17, 15) is 9.90 Å². The third-order valence-electron chi connectivity index (χ3n) is 4.47. The van der Waals surface area contributed by atoms with Gasteiger partial charge in [0.25, 0.3) is 0 Å². The molecule has 110 valence electrons. The van der Waals surface area contributed by atoms with Crippen molar-refractivity contribution < 1.29 is 9.90 Å². The number of nitrogens with one attached hydrogen (secondary N) is 1. The number of aromatic hydroxyl groups is 1. The molecule has 1 aliphatic carbocycles. The van der Waals surface area contributed by atoms with Gasteiger partial charge in [0.2, 0.25) is 5.91 Å². The third-order valence-corrected chi connectivity index (χ3v) is 4.47. The van der Waals surface area contributed by atoms with Crippen molar-refractivity contribution >= 4 is 11.6 Å². The Bertz CT molecular complexity index is 505. The lowest BCUT2D eigenvalue weighted by Crippen LogP contribution is -2.43. The van der Waals surface area contributed by atoms with Crippen molar-refractivity contribution in [2.45, 2.75) is 46.0 Å². The van der Waals surface area contributed by atoms with Gasteiger partial charge in [0.15, 0.2) is 0 Å². The van der Waals surface area contributed by atoms with E-state index in [0.29, 0.717) is 6.54 Å². The fraction of sp³-hybridized carbons (Fsp3) is 0.562. The summed E-state index contributed by atoms with van der Waals surface area (Å²) in [6, 6.07) is 3.50. The zero-order chi connectivity index (χ0) is 14.8. The Morgan fingerprint density at radius 3 is 2.50 bits per heavy atom. The van der Waals surface area contributed by atoms with Gasteiger partial charge in [0.1, 0.15) is 5.75 Å². The molecule has 2 rings (SSSR count). The molecule has 4 nitrogen and oxygen atoms in total. The van der Waals surface area contributed by atoms with Gasteiger partial charge in [-0.05, 0) is 49.9 Å². The van der Waals surface area contributed by atoms with Gasteiger partial charge < -0.3 is 16.2 Å². The Labute approximate surface area is 120 Å². The van der Waals surface area contributed by atoms with E-state index in [4.69, 9.17) is 5.73 Å². The summed E-state index contributed by atoms with van der Waals surface area (Å²) < 4.78 is 0. The first-order chi connectivity index (χ1) is 9.48. The van der Waals surface area contributed by atoms with E-state index < -0.39 is 5.41 Å². The van der Waals surface area contributed by atoms with Gasteiger partial charge >= 0.3 is 0 Å². The summed E-state index contributed by atoms with van der Waals surface area (Å²) in [5.74, 6) is 0.277. The quantitative estimate of drug-likeness (QED) is 0.743. The van der Waals surface area contributed by atoms with Crippen LogP contribution in [0.5, 0.6) is 5.75 Å². The molecule has 0 radical (unpaired) electrons. The lowest BCUT2D eigenvalue weighted by Gasteiger charge is -2.34. The van der Waals surface area contributed by atoms with Crippen molar-refractivity contribution in [1.82, 2.24) is 0 Å². The van der Waals surface area contributed by atoms with Crippen molar-refractivity contribution in [2.75, 3.05) is 11.9 Å². The fourth-order valence-corrected chi connectivity index (χ4v) is 2.94. The Morgan fingerprint density at radius 2 is 1.90 bits per heavy atom. The predicted octanol–water partition coefficient (Wildman–Crippen LogP) is 2.86. The third kappa shape index (κ3) is 2.80. The second kappa shape index (κ2) is 5.83. The molecule has 1 aromatic carbocycles. The molecule has 1 amide bonds. The topological polar surface area (TPSA) is 75.4 Å². The molecule has 0 spiro atoms. The largest absolute Gasteiger partial charge is 0.508 e. The lowest BCUT2D eigenvalue weighted by atomic mass is 9.73. The maximum atomic E-state index is 12.6. The summed E-state index contributed by atoms with van der Waals surface area (Å²) in [5, 5.41) is 12.7. The highest BCUT2D eigenvalue weighted by Crippen LogP contribution is 2.37. The number of amides is 1. The fourth-order valence-electron chi connectivity index (χ4n) is 2.94. The number of carbonyl (C=O) groups is 1. The minimum Gasteiger partial charge on any atom is -0.508 e. The first kappa shape index (κ1) is 14.9. The Balaban J connectivity index is 2.20. The number of benzene rings is 1. The summed E-state index contributed by atoms with van der Waals surface area (Å²) in [7, 11) is 0. The zero-order valence-electron chi connectivity index (χ0n) is 12.3. The molecule has 0 aliphatic heterocycles. The predicted molar refractivity (Wildman–Crippen MR) is 80.8 cm³/mol. The molecule has 0 heterocycles. The number of rotatable bonds is 3. The smallest absolute Gasteiger partial charge is 0.231 e. The maximum absolute atomic E-state index is 12.6. The lowest BCUT2D eigenvalue weighted by molar-refractivity contribution is -0.126. The number of hydrogen-bond donors (Lipinski definition) is 3. The maximum Gasteiger partial charge on any atom is 0.231 e. The molecular formula is C16H24N2O2. The highest BCUT2D eigenvalue weighted by atomic mass is 16.3. The highest BCUT2D eigenvalue weighted by molar-refractivity contribution is 5.96. The van der Waals surface area contributed by atoms with Crippen LogP contribution < -0.4 is 11.1 Å². The summed E-state index contributed by atoms with van der Waals surface area (Å²) in [4.78, 5) is 12.6. The average Bonchev–Trinajstić information content (AvgIpc) is 2.45. The number of carbonyl (C=O) groups excluding carboxylic acids is 1. The standard InChI is InChI=1S/C16H24N2O2/c1-11-9-14(19)12(2)8-13(11)18-15(20)16(10-17)6-4-3-5-7-16/h8-9,19H,3-7,10,17H2,1-2H3,(H,18,20). The summed E-state index contributed by atoms with van der Waals surface area (Å²) >= 11 is 0. The normalized spacial score (nSPS) is 17.8. The van der Waals surface area contributed by atoms with E-state index in [2.05, 4.69) is 5.32 Å². The Kier molecular flexibility index (Phi) is 4.33. The van der Waals surface area contributed by atoms with Gasteiger partial charge in [-0.1, -0.05) is 19.3 Å². The summed E-state index contributed by atoms with van der Waals surface area (Å²) in [6.07, 6.45) is 5.06. The molecule has 1 aliphatic rings. The van der Waals surface area contributed by atoms with Gasteiger partial charge in [0.05, 0.1) is 5.41 Å². The number of nitrogens with two attached hydrogens (primary N) is 1. The molecule has 0 atom stereocenters. The van der Waals surface area contributed by atoms with Crippen LogP contribution in [0.3, 0.4) is 0 Å². The highest BCUT2D eigenvalue weighted by Gasteiger charge is 2.38. The van der Waals surface area contributed by atoms with Crippen LogP contribution in [0, 0.1) is 19.3 Å². The van der Waals surface area contributed by atoms with Crippen LogP contribution in [-0.2, 0) is 4.79 Å². The van der Waals surface area contributed by atoms with Gasteiger partial charge in [-0.25, -0.2) is 0 Å². The van der Waals surface area contributed by atoms with E-state index in [1.54, 1.807) is 6.07 Å². The van der Waals surface area contributed by atoms with Crippen molar-refractivity contribution in [3.05, 3.63) is 23.3 Å². The van der Waals surface area contributed by atoms with Gasteiger partial charge in [-0.15, -0.1) is 0 Å². The molecule has 0 bridgehead atoms. The van der Waals surface area contributed by atoms with E-state index in [0.717, 1.165) is 42.5 Å². The molecule has 1 fully saturated rings. The molecule has 1 aromatic rings. The molecule has 0 aromatic heterocycles. The van der Waals surface area contributed by atoms with Gasteiger partial charge in [-0.3, -0.25) is 4.79 Å². The minimum atomic E-state index is -0.420. The number of aryl methyl sites for hydroxylation is 2. The Hall–Kier alpha value is -1.55. The number of anilines is 1. The van der Waals surface area contributed by atoms with Crippen LogP contribution in [0.2, 0.25) is 0 Å². The second-order valence-corrected chi connectivity index (χ2v) is 5.95. The number of phenols is 1. The van der Waals surface area contributed by atoms with Crippen LogP contribution >= 0.6 is 0 Å². The molecular weight excluding hydrogens is 252 g/mol. The van der Waals surface area contributed by atoms with Gasteiger partial charge in [-0.2, -0.15) is 0 Å². The van der Waals surface area contributed by atoms with E-state index >= 15 is 0 Å². The van der Waals surface area contributed by atoms with Crippen molar-refractivity contribution in [3.8, 4) is 5.75 Å². The van der Waals surface area contributed by atoms with Gasteiger partial charge in [0, 0.05) is 12.2 Å². The summed E-state index contributed by atoms with van der Waals surface area (Å²) in [5.41, 5.74) is 7.86. The van der Waals surface area contributed by atoms with Crippen LogP contribution in [0.15, 0.2) is 12.1 Å². The molecule has 4 heteroatoms. The molecule has 1 saturated carbocycles. The van der Waals surface area contributed by atoms with E-state index in [1.165, 1.54) is 6.42 Å². The zero-order valence-corrected chi connectivity index (χ0v) is 12.3. The van der Waals surface area contributed by atoms with Crippen LogP contribution in [0.4, 0.5) is 5.69 Å². The van der Waals surface area contributed by atoms with Crippen molar-refractivity contribution in [2.24, 2.45) is 11.1 Å².